The van der Waals surface area contributed by atoms with Crippen LogP contribution < -0.4 is 10.9 Å². The van der Waals surface area contributed by atoms with Crippen LogP contribution in [0, 0.1) is 13.8 Å². The lowest BCUT2D eigenvalue weighted by molar-refractivity contribution is 0.0952. The molecule has 0 saturated heterocycles. The SMILES string of the molecule is CCCc1cc(C)[nH]c(=O)c1CNC(=O)c1cc(-c2ccc(C)nc2)cc2c1ccn2C(C)C. The number of nitrogens with one attached hydrogen (secondary N) is 2. The number of hydrogen-bond donors (Lipinski definition) is 2. The summed E-state index contributed by atoms with van der Waals surface area (Å²) in [5, 5.41) is 3.90. The molecule has 3 aromatic heterocycles. The van der Waals surface area contributed by atoms with Crippen LogP contribution in [0.25, 0.3) is 22.0 Å². The molecule has 6 heteroatoms. The number of pyridine rings is 2. The number of aromatic nitrogens is 3. The van der Waals surface area contributed by atoms with Gasteiger partial charge in [0.1, 0.15) is 0 Å². The number of amides is 1. The van der Waals surface area contributed by atoms with E-state index in [4.69, 9.17) is 0 Å². The highest BCUT2D eigenvalue weighted by Gasteiger charge is 2.18. The third kappa shape index (κ3) is 4.67. The normalized spacial score (nSPS) is 11.4. The summed E-state index contributed by atoms with van der Waals surface area (Å²) in [5.74, 6) is -0.198. The molecule has 4 aromatic rings. The number of carbonyl (C=O) groups is 1. The lowest BCUT2D eigenvalue weighted by Gasteiger charge is -2.14. The van der Waals surface area contributed by atoms with Gasteiger partial charge in [0.2, 0.25) is 0 Å². The monoisotopic (exact) mass is 456 g/mol. The van der Waals surface area contributed by atoms with E-state index in [2.05, 4.69) is 46.7 Å². The van der Waals surface area contributed by atoms with Crippen LogP contribution in [0.5, 0.6) is 0 Å². The van der Waals surface area contributed by atoms with Gasteiger partial charge in [-0.3, -0.25) is 14.6 Å². The van der Waals surface area contributed by atoms with Gasteiger partial charge in [-0.05, 0) is 75.6 Å². The van der Waals surface area contributed by atoms with Crippen molar-refractivity contribution in [2.24, 2.45) is 0 Å². The fraction of sp³-hybridized carbons (Fsp3) is 0.321. The first kappa shape index (κ1) is 23.5. The molecule has 0 spiro atoms. The summed E-state index contributed by atoms with van der Waals surface area (Å²) in [6.45, 7) is 10.4. The van der Waals surface area contributed by atoms with Gasteiger partial charge in [0.15, 0.2) is 0 Å². The maximum Gasteiger partial charge on any atom is 0.253 e. The molecule has 6 nitrogen and oxygen atoms in total. The molecule has 4 rings (SSSR count). The van der Waals surface area contributed by atoms with E-state index in [0.717, 1.165) is 51.8 Å². The highest BCUT2D eigenvalue weighted by atomic mass is 16.1. The van der Waals surface area contributed by atoms with Crippen molar-refractivity contribution in [3.63, 3.8) is 0 Å². The first-order chi connectivity index (χ1) is 16.3. The van der Waals surface area contributed by atoms with Gasteiger partial charge in [-0.15, -0.1) is 0 Å². The van der Waals surface area contributed by atoms with E-state index >= 15 is 0 Å². The van der Waals surface area contributed by atoms with Gasteiger partial charge in [-0.1, -0.05) is 19.4 Å². The molecule has 0 aliphatic heterocycles. The zero-order chi connectivity index (χ0) is 24.4. The largest absolute Gasteiger partial charge is 0.348 e. The van der Waals surface area contributed by atoms with Crippen LogP contribution in [0.2, 0.25) is 0 Å². The van der Waals surface area contributed by atoms with E-state index in [1.54, 1.807) is 0 Å². The lowest BCUT2D eigenvalue weighted by Crippen LogP contribution is -2.28. The molecule has 0 bridgehead atoms. The van der Waals surface area contributed by atoms with Crippen molar-refractivity contribution < 1.29 is 4.79 Å². The predicted octanol–water partition coefficient (Wildman–Crippen LogP) is 5.47. The Morgan fingerprint density at radius 3 is 2.59 bits per heavy atom. The number of carbonyl (C=O) groups excluding carboxylic acids is 1. The van der Waals surface area contributed by atoms with E-state index in [9.17, 15) is 9.59 Å². The number of benzene rings is 1. The minimum Gasteiger partial charge on any atom is -0.348 e. The number of hydrogen-bond acceptors (Lipinski definition) is 3. The topological polar surface area (TPSA) is 79.8 Å². The average Bonchev–Trinajstić information content (AvgIpc) is 3.22. The molecule has 0 atom stereocenters. The van der Waals surface area contributed by atoms with Crippen molar-refractivity contribution in [3.8, 4) is 11.1 Å². The summed E-state index contributed by atoms with van der Waals surface area (Å²) in [5.41, 5.74) is 6.73. The summed E-state index contributed by atoms with van der Waals surface area (Å²) in [6, 6.07) is 12.3. The van der Waals surface area contributed by atoms with Gasteiger partial charge in [0.05, 0.1) is 0 Å². The number of rotatable bonds is 7. The molecule has 0 radical (unpaired) electrons. The molecule has 0 unspecified atom stereocenters. The summed E-state index contributed by atoms with van der Waals surface area (Å²) in [4.78, 5) is 33.4. The Morgan fingerprint density at radius 1 is 1.12 bits per heavy atom. The molecular weight excluding hydrogens is 424 g/mol. The third-order valence-electron chi connectivity index (χ3n) is 6.19. The Balaban J connectivity index is 1.74. The molecule has 0 aliphatic rings. The van der Waals surface area contributed by atoms with Crippen LogP contribution in [0.15, 0.2) is 53.6 Å². The fourth-order valence-electron chi connectivity index (χ4n) is 4.44. The van der Waals surface area contributed by atoms with Crippen LogP contribution in [0.1, 0.15) is 66.1 Å². The Morgan fingerprint density at radius 2 is 1.91 bits per heavy atom. The molecule has 34 heavy (non-hydrogen) atoms. The summed E-state index contributed by atoms with van der Waals surface area (Å²) in [7, 11) is 0. The number of nitrogens with zero attached hydrogens (tertiary/aromatic N) is 2. The second kappa shape index (κ2) is 9.67. The van der Waals surface area contributed by atoms with Crippen molar-refractivity contribution in [3.05, 3.63) is 87.2 Å². The third-order valence-corrected chi connectivity index (χ3v) is 6.19. The number of aryl methyl sites for hydroxylation is 3. The maximum absolute atomic E-state index is 13.4. The van der Waals surface area contributed by atoms with Gasteiger partial charge in [-0.25, -0.2) is 0 Å². The van der Waals surface area contributed by atoms with E-state index in [0.29, 0.717) is 11.1 Å². The van der Waals surface area contributed by atoms with Gasteiger partial charge >= 0.3 is 0 Å². The second-order valence-corrected chi connectivity index (χ2v) is 9.18. The number of fused-ring (bicyclic) bond motifs is 1. The second-order valence-electron chi connectivity index (χ2n) is 9.18. The van der Waals surface area contributed by atoms with Crippen molar-refractivity contribution in [1.82, 2.24) is 19.9 Å². The minimum absolute atomic E-state index is 0.140. The lowest BCUT2D eigenvalue weighted by atomic mass is 10.00. The maximum atomic E-state index is 13.4. The van der Waals surface area contributed by atoms with Crippen LogP contribution in [-0.4, -0.2) is 20.4 Å². The molecule has 1 amide bonds. The molecule has 1 aromatic carbocycles. The highest BCUT2D eigenvalue weighted by Crippen LogP contribution is 2.30. The van der Waals surface area contributed by atoms with Gasteiger partial charge in [0, 0.05) is 64.0 Å². The summed E-state index contributed by atoms with van der Waals surface area (Å²) < 4.78 is 2.17. The van der Waals surface area contributed by atoms with Crippen LogP contribution in [-0.2, 0) is 13.0 Å². The minimum atomic E-state index is -0.198. The predicted molar refractivity (Wildman–Crippen MR) is 137 cm³/mol. The summed E-state index contributed by atoms with van der Waals surface area (Å²) in [6.07, 6.45) is 5.59. The molecule has 0 aliphatic carbocycles. The Kier molecular flexibility index (Phi) is 6.68. The van der Waals surface area contributed by atoms with Crippen molar-refractivity contribution >= 4 is 16.8 Å². The first-order valence-electron chi connectivity index (χ1n) is 11.9. The van der Waals surface area contributed by atoms with E-state index < -0.39 is 0 Å². The average molecular weight is 457 g/mol. The zero-order valence-electron chi connectivity index (χ0n) is 20.5. The number of aromatic amines is 1. The van der Waals surface area contributed by atoms with Crippen molar-refractivity contribution in [1.29, 1.82) is 0 Å². The zero-order valence-corrected chi connectivity index (χ0v) is 20.5. The van der Waals surface area contributed by atoms with Gasteiger partial charge in [-0.2, -0.15) is 0 Å². The molecule has 3 heterocycles. The quantitative estimate of drug-likeness (QED) is 0.387. The Hall–Kier alpha value is -3.67. The van der Waals surface area contributed by atoms with Crippen LogP contribution in [0.4, 0.5) is 0 Å². The van der Waals surface area contributed by atoms with Gasteiger partial charge in [0.25, 0.3) is 11.5 Å². The van der Waals surface area contributed by atoms with Crippen LogP contribution in [0.3, 0.4) is 0 Å². The molecular formula is C28H32N4O2. The Labute approximate surface area is 200 Å². The fourth-order valence-corrected chi connectivity index (χ4v) is 4.44. The highest BCUT2D eigenvalue weighted by molar-refractivity contribution is 6.08. The van der Waals surface area contributed by atoms with Gasteiger partial charge < -0.3 is 14.9 Å². The smallest absolute Gasteiger partial charge is 0.253 e. The van der Waals surface area contributed by atoms with E-state index in [1.807, 2.05) is 56.6 Å². The first-order valence-corrected chi connectivity index (χ1v) is 11.9. The molecule has 0 fully saturated rings. The molecule has 176 valence electrons. The molecule has 0 saturated carbocycles. The van der Waals surface area contributed by atoms with E-state index in [1.165, 1.54) is 0 Å². The van der Waals surface area contributed by atoms with Crippen LogP contribution >= 0.6 is 0 Å². The number of H-pyrrole nitrogens is 1. The van der Waals surface area contributed by atoms with Crippen molar-refractivity contribution in [2.45, 2.75) is 60.0 Å². The molecule has 2 N–H and O–H groups in total. The standard InChI is InChI=1S/C28H32N4O2/c1-6-7-20-12-19(5)31-28(34)25(20)16-30-27(33)24-13-22(21-9-8-18(4)29-15-21)14-26-23(24)10-11-32(26)17(2)3/h8-15,17H,6-7,16H2,1-5H3,(H,30,33)(H,31,34). The van der Waals surface area contributed by atoms with E-state index in [-0.39, 0.29) is 24.1 Å². The van der Waals surface area contributed by atoms with Crippen molar-refractivity contribution in [2.75, 3.05) is 0 Å². The Bertz CT molecular complexity index is 1390. The summed E-state index contributed by atoms with van der Waals surface area (Å²) >= 11 is 0.